The highest BCUT2D eigenvalue weighted by atomic mass is 19.4. The van der Waals surface area contributed by atoms with Crippen molar-refractivity contribution < 1.29 is 37.0 Å². The molecule has 178 valence electrons. The summed E-state index contributed by atoms with van der Waals surface area (Å²) in [7, 11) is 0. The van der Waals surface area contributed by atoms with Crippen LogP contribution in [0.3, 0.4) is 0 Å². The van der Waals surface area contributed by atoms with Gasteiger partial charge in [0.05, 0.1) is 6.54 Å². The molecule has 1 N–H and O–H groups in total. The van der Waals surface area contributed by atoms with E-state index in [-0.39, 0.29) is 26.1 Å². The lowest BCUT2D eigenvalue weighted by molar-refractivity contribution is -0.187. The molecule has 33 heavy (non-hydrogen) atoms. The molecule has 1 aliphatic rings. The van der Waals surface area contributed by atoms with E-state index in [1.165, 1.54) is 6.92 Å². The summed E-state index contributed by atoms with van der Waals surface area (Å²) < 4.78 is 54.9. The Morgan fingerprint density at radius 2 is 1.79 bits per heavy atom. The van der Waals surface area contributed by atoms with Gasteiger partial charge in [-0.25, -0.2) is 4.79 Å². The second-order valence-electron chi connectivity index (χ2n) is 7.53. The van der Waals surface area contributed by atoms with E-state index in [0.717, 1.165) is 10.5 Å². The molecule has 0 saturated heterocycles. The number of carbonyl (C=O) groups excluding carboxylic acids is 2. The molecule has 0 fully saturated rings. The van der Waals surface area contributed by atoms with Crippen molar-refractivity contribution in [2.75, 3.05) is 13.1 Å². The van der Waals surface area contributed by atoms with E-state index in [4.69, 9.17) is 14.2 Å². The van der Waals surface area contributed by atoms with Crippen LogP contribution in [-0.4, -0.2) is 48.5 Å². The van der Waals surface area contributed by atoms with E-state index in [0.29, 0.717) is 17.1 Å². The van der Waals surface area contributed by atoms with Crippen LogP contribution < -0.4 is 14.8 Å². The number of halogens is 3. The lowest BCUT2D eigenvalue weighted by Crippen LogP contribution is -2.46. The Labute approximate surface area is 189 Å². The quantitative estimate of drug-likeness (QED) is 0.635. The number of fused-ring (bicyclic) bond motifs is 1. The summed E-state index contributed by atoms with van der Waals surface area (Å²) in [5.41, 5.74) is 1.54. The summed E-state index contributed by atoms with van der Waals surface area (Å²) >= 11 is 0. The number of rotatable bonds is 8. The van der Waals surface area contributed by atoms with Crippen molar-refractivity contribution >= 4 is 12.0 Å². The van der Waals surface area contributed by atoms with Gasteiger partial charge in [0, 0.05) is 12.6 Å². The number of ether oxygens (including phenoxy) is 3. The van der Waals surface area contributed by atoms with Crippen LogP contribution in [0.1, 0.15) is 25.0 Å². The van der Waals surface area contributed by atoms with Crippen LogP contribution in [0.15, 0.2) is 48.5 Å². The number of alkyl carbamates (subject to hydrolysis) is 1. The highest BCUT2D eigenvalue weighted by Gasteiger charge is 2.43. The molecule has 0 radical (unpaired) electrons. The molecule has 2 atom stereocenters. The summed E-state index contributed by atoms with van der Waals surface area (Å²) in [6, 6.07) is 13.6. The normalized spacial score (nSPS) is 15.6. The van der Waals surface area contributed by atoms with Gasteiger partial charge in [-0.05, 0) is 43.5 Å². The maximum absolute atomic E-state index is 12.8. The number of likely N-dealkylation sites (N-methyl/N-ethyl adjacent to an activating group) is 1. The molecule has 2 unspecified atom stereocenters. The minimum Gasteiger partial charge on any atom is -0.449 e. The summed E-state index contributed by atoms with van der Waals surface area (Å²) in [5.74, 6) is -0.993. The average molecular weight is 466 g/mol. The Bertz CT molecular complexity index is 968. The first-order chi connectivity index (χ1) is 15.7. The van der Waals surface area contributed by atoms with E-state index in [9.17, 15) is 22.8 Å². The van der Waals surface area contributed by atoms with E-state index in [1.807, 2.05) is 30.3 Å². The van der Waals surface area contributed by atoms with Crippen LogP contribution in [0, 0.1) is 0 Å². The summed E-state index contributed by atoms with van der Waals surface area (Å²) in [6.45, 7) is 3.18. The first kappa shape index (κ1) is 24.2. The smallest absolute Gasteiger partial charge is 0.449 e. The zero-order valence-electron chi connectivity index (χ0n) is 18.2. The topological polar surface area (TPSA) is 77.1 Å². The fourth-order valence-corrected chi connectivity index (χ4v) is 3.47. The first-order valence-electron chi connectivity index (χ1n) is 10.5. The number of alkyl halides is 3. The molecule has 1 heterocycles. The van der Waals surface area contributed by atoms with Crippen LogP contribution in [0.2, 0.25) is 0 Å². The lowest BCUT2D eigenvalue weighted by atomic mass is 10.0. The van der Waals surface area contributed by atoms with E-state index in [1.54, 1.807) is 25.1 Å². The van der Waals surface area contributed by atoms with Crippen LogP contribution in [0.25, 0.3) is 0 Å². The Kier molecular flexibility index (Phi) is 7.67. The Hall–Kier alpha value is -3.43. The van der Waals surface area contributed by atoms with Crippen molar-refractivity contribution in [3.05, 3.63) is 59.7 Å². The van der Waals surface area contributed by atoms with Gasteiger partial charge in [0.2, 0.25) is 0 Å². The molecule has 2 amide bonds. The molecule has 0 aliphatic carbocycles. The minimum absolute atomic E-state index is 0.0394. The van der Waals surface area contributed by atoms with Crippen LogP contribution in [0.5, 0.6) is 11.5 Å². The number of benzene rings is 2. The SMILES string of the molecule is CCN(C(=O)C(F)(F)F)C(C)Cc1ccc2c(c1)OC(CNC(=O)OCc1ccccc1)O2. The van der Waals surface area contributed by atoms with Crippen molar-refractivity contribution in [1.29, 1.82) is 0 Å². The summed E-state index contributed by atoms with van der Waals surface area (Å²) in [4.78, 5) is 24.3. The number of hydrogen-bond donors (Lipinski definition) is 1. The number of nitrogens with zero attached hydrogens (tertiary/aromatic N) is 1. The zero-order valence-corrected chi connectivity index (χ0v) is 18.2. The molecular formula is C23H25F3N2O5. The summed E-state index contributed by atoms with van der Waals surface area (Å²) in [6.07, 6.45) is -6.09. The van der Waals surface area contributed by atoms with Gasteiger partial charge >= 0.3 is 18.2 Å². The van der Waals surface area contributed by atoms with Crippen LogP contribution in [-0.2, 0) is 22.6 Å². The van der Waals surface area contributed by atoms with Gasteiger partial charge in [0.1, 0.15) is 6.61 Å². The highest BCUT2D eigenvalue weighted by Crippen LogP contribution is 2.35. The van der Waals surface area contributed by atoms with Gasteiger partial charge in [-0.3, -0.25) is 4.79 Å². The zero-order chi connectivity index (χ0) is 24.0. The number of carbonyl (C=O) groups is 2. The Balaban J connectivity index is 1.50. The number of hydrogen-bond acceptors (Lipinski definition) is 5. The molecule has 0 spiro atoms. The molecule has 10 heteroatoms. The third kappa shape index (κ3) is 6.53. The molecule has 0 aromatic heterocycles. The molecule has 2 aromatic carbocycles. The van der Waals surface area contributed by atoms with E-state index in [2.05, 4.69) is 5.32 Å². The number of amides is 2. The third-order valence-corrected chi connectivity index (χ3v) is 5.06. The van der Waals surface area contributed by atoms with Gasteiger partial charge in [0.15, 0.2) is 11.5 Å². The molecule has 2 aromatic rings. The van der Waals surface area contributed by atoms with E-state index >= 15 is 0 Å². The molecule has 0 saturated carbocycles. The van der Waals surface area contributed by atoms with Gasteiger partial charge in [-0.1, -0.05) is 36.4 Å². The van der Waals surface area contributed by atoms with Crippen molar-refractivity contribution in [3.8, 4) is 11.5 Å². The molecular weight excluding hydrogens is 441 g/mol. The standard InChI is InChI=1S/C23H25F3N2O5/c1-3-28(21(29)23(24,25)26)15(2)11-17-9-10-18-19(12-17)33-20(32-18)13-27-22(30)31-14-16-7-5-4-6-8-16/h4-10,12,15,20H,3,11,13-14H2,1-2H3,(H,27,30). The predicted molar refractivity (Wildman–Crippen MR) is 113 cm³/mol. The molecule has 1 aliphatic heterocycles. The maximum atomic E-state index is 12.8. The van der Waals surface area contributed by atoms with E-state index < -0.39 is 30.5 Å². The van der Waals surface area contributed by atoms with Crippen LogP contribution in [0.4, 0.5) is 18.0 Å². The van der Waals surface area contributed by atoms with Gasteiger partial charge in [0.25, 0.3) is 6.29 Å². The number of nitrogens with one attached hydrogen (secondary N) is 1. The third-order valence-electron chi connectivity index (χ3n) is 5.06. The van der Waals surface area contributed by atoms with Gasteiger partial charge in [-0.2, -0.15) is 13.2 Å². The molecule has 0 bridgehead atoms. The maximum Gasteiger partial charge on any atom is 0.471 e. The molecule has 3 rings (SSSR count). The fourth-order valence-electron chi connectivity index (χ4n) is 3.47. The fraction of sp³-hybridized carbons (Fsp3) is 0.391. The first-order valence-corrected chi connectivity index (χ1v) is 10.5. The second kappa shape index (κ2) is 10.5. The highest BCUT2D eigenvalue weighted by molar-refractivity contribution is 5.82. The van der Waals surface area contributed by atoms with Crippen LogP contribution >= 0.6 is 0 Å². The summed E-state index contributed by atoms with van der Waals surface area (Å²) in [5, 5.41) is 2.56. The molecule has 7 nitrogen and oxygen atoms in total. The van der Waals surface area contributed by atoms with Crippen molar-refractivity contribution in [2.45, 2.75) is 45.4 Å². The van der Waals surface area contributed by atoms with Gasteiger partial charge in [-0.15, -0.1) is 0 Å². The van der Waals surface area contributed by atoms with Crippen molar-refractivity contribution in [1.82, 2.24) is 10.2 Å². The Morgan fingerprint density at radius 3 is 2.45 bits per heavy atom. The Morgan fingerprint density at radius 1 is 1.09 bits per heavy atom. The van der Waals surface area contributed by atoms with Crippen molar-refractivity contribution in [2.24, 2.45) is 0 Å². The largest absolute Gasteiger partial charge is 0.471 e. The van der Waals surface area contributed by atoms with Crippen molar-refractivity contribution in [3.63, 3.8) is 0 Å². The monoisotopic (exact) mass is 466 g/mol. The predicted octanol–water partition coefficient (Wildman–Crippen LogP) is 4.05. The average Bonchev–Trinajstić information content (AvgIpc) is 3.19. The second-order valence-corrected chi connectivity index (χ2v) is 7.53. The lowest BCUT2D eigenvalue weighted by Gasteiger charge is -2.28. The minimum atomic E-state index is -4.92. The van der Waals surface area contributed by atoms with Gasteiger partial charge < -0.3 is 24.4 Å².